The molecule has 1 saturated heterocycles. The molecular formula is C39H44Cl2N2O5. The summed E-state index contributed by atoms with van der Waals surface area (Å²) in [4.78, 5) is 32.1. The van der Waals surface area contributed by atoms with Gasteiger partial charge in [0.2, 0.25) is 5.91 Å². The first-order valence-electron chi connectivity index (χ1n) is 17.2. The molecule has 0 N–H and O–H groups in total. The average Bonchev–Trinajstić information content (AvgIpc) is 3.41. The molecular weight excluding hydrogens is 647 g/mol. The summed E-state index contributed by atoms with van der Waals surface area (Å²) in [5.41, 5.74) is 2.98. The van der Waals surface area contributed by atoms with Crippen LogP contribution in [0.25, 0.3) is 0 Å². The number of hydrogen-bond acceptors (Lipinski definition) is 6. The fourth-order valence-corrected chi connectivity index (χ4v) is 9.76. The Bertz CT molecular complexity index is 1720. The zero-order valence-electron chi connectivity index (χ0n) is 28.1. The Hall–Kier alpha value is -3.26. The number of carbonyl (C=O) groups is 2. The number of rotatable bonds is 10. The molecule has 0 aromatic heterocycles. The predicted octanol–water partition coefficient (Wildman–Crippen LogP) is 7.07. The van der Waals surface area contributed by atoms with Crippen molar-refractivity contribution in [1.29, 1.82) is 0 Å². The molecule has 2 aliphatic carbocycles. The average molecular weight is 692 g/mol. The van der Waals surface area contributed by atoms with E-state index < -0.39 is 17.1 Å². The summed E-state index contributed by atoms with van der Waals surface area (Å²) in [6, 6.07) is 19.8. The van der Waals surface area contributed by atoms with E-state index >= 15 is 0 Å². The monoisotopic (exact) mass is 690 g/mol. The van der Waals surface area contributed by atoms with Gasteiger partial charge in [-0.2, -0.15) is 0 Å². The number of hydrogen-bond donors (Lipinski definition) is 0. The van der Waals surface area contributed by atoms with Gasteiger partial charge < -0.3 is 19.1 Å². The second kappa shape index (κ2) is 12.9. The minimum Gasteiger partial charge on any atom is -0.493 e. The quantitative estimate of drug-likeness (QED) is 0.212. The van der Waals surface area contributed by atoms with Gasteiger partial charge in [-0.05, 0) is 79.5 Å². The lowest BCUT2D eigenvalue weighted by molar-refractivity contribution is -0.224. The maximum atomic E-state index is 14.4. The lowest BCUT2D eigenvalue weighted by Crippen LogP contribution is -2.79. The minimum atomic E-state index is -0.810. The zero-order valence-corrected chi connectivity index (χ0v) is 29.7. The molecule has 7 rings (SSSR count). The van der Waals surface area contributed by atoms with Crippen molar-refractivity contribution in [3.8, 4) is 11.5 Å². The SMILES string of the molecule is COc1ccc2c3c1O[C@H]1[C@H](N(CC(C)C)C(=O)Cc4ccc(Cl)c(Cl)c4)CC[C@@]4(OC(C)=O)[C@@H](C2)N(CCc2ccccc2)CC[C@]314. The van der Waals surface area contributed by atoms with Crippen molar-refractivity contribution in [2.75, 3.05) is 26.7 Å². The highest BCUT2D eigenvalue weighted by molar-refractivity contribution is 6.42. The smallest absolute Gasteiger partial charge is 0.303 e. The zero-order chi connectivity index (χ0) is 33.8. The van der Waals surface area contributed by atoms with E-state index in [1.807, 2.05) is 23.1 Å². The first kappa shape index (κ1) is 33.2. The molecule has 3 aromatic carbocycles. The fourth-order valence-electron chi connectivity index (χ4n) is 9.44. The lowest BCUT2D eigenvalue weighted by atomic mass is 9.48. The molecule has 2 aliphatic heterocycles. The largest absolute Gasteiger partial charge is 0.493 e. The van der Waals surface area contributed by atoms with Gasteiger partial charge >= 0.3 is 5.97 Å². The Kier molecular flexibility index (Phi) is 8.93. The Balaban J connectivity index is 1.31. The van der Waals surface area contributed by atoms with Crippen LogP contribution in [-0.2, 0) is 39.0 Å². The van der Waals surface area contributed by atoms with Crippen LogP contribution in [0.4, 0.5) is 0 Å². The lowest BCUT2D eigenvalue weighted by Gasteiger charge is -2.65. The van der Waals surface area contributed by atoms with Crippen LogP contribution in [0.1, 0.15) is 62.3 Å². The van der Waals surface area contributed by atoms with Crippen molar-refractivity contribution in [3.05, 3.63) is 93.0 Å². The van der Waals surface area contributed by atoms with Crippen molar-refractivity contribution in [3.63, 3.8) is 0 Å². The Labute approximate surface area is 293 Å². The van der Waals surface area contributed by atoms with Crippen LogP contribution in [0.5, 0.6) is 11.5 Å². The van der Waals surface area contributed by atoms with Crippen LogP contribution in [0.2, 0.25) is 10.0 Å². The van der Waals surface area contributed by atoms with E-state index in [1.165, 1.54) is 18.1 Å². The highest BCUT2D eigenvalue weighted by Gasteiger charge is 2.75. The molecule has 1 saturated carbocycles. The first-order valence-corrected chi connectivity index (χ1v) is 17.9. The molecule has 7 nitrogen and oxygen atoms in total. The van der Waals surface area contributed by atoms with Crippen molar-refractivity contribution >= 4 is 35.1 Å². The van der Waals surface area contributed by atoms with Gasteiger partial charge in [0.15, 0.2) is 11.5 Å². The van der Waals surface area contributed by atoms with Crippen molar-refractivity contribution in [2.24, 2.45) is 5.92 Å². The van der Waals surface area contributed by atoms with E-state index in [0.29, 0.717) is 35.2 Å². The number of methoxy groups -OCH3 is 1. The van der Waals surface area contributed by atoms with Gasteiger partial charge in [0.25, 0.3) is 0 Å². The molecule has 48 heavy (non-hydrogen) atoms. The Morgan fingerprint density at radius 1 is 1.04 bits per heavy atom. The molecule has 254 valence electrons. The maximum Gasteiger partial charge on any atom is 0.303 e. The molecule has 2 bridgehead atoms. The number of piperidine rings is 1. The van der Waals surface area contributed by atoms with Crippen molar-refractivity contribution < 1.29 is 23.8 Å². The number of amides is 1. The highest BCUT2D eigenvalue weighted by atomic mass is 35.5. The molecule has 2 fully saturated rings. The number of esters is 1. The second-order valence-electron chi connectivity index (χ2n) is 14.3. The number of benzene rings is 3. The van der Waals surface area contributed by atoms with Crippen LogP contribution < -0.4 is 9.47 Å². The Morgan fingerprint density at radius 3 is 2.54 bits per heavy atom. The molecule has 1 amide bonds. The number of halogens is 2. The normalized spacial score (nSPS) is 26.9. The summed E-state index contributed by atoms with van der Waals surface area (Å²) >= 11 is 12.5. The molecule has 0 unspecified atom stereocenters. The van der Waals surface area contributed by atoms with Gasteiger partial charge in [0.05, 0.1) is 41.1 Å². The van der Waals surface area contributed by atoms with E-state index in [1.54, 1.807) is 19.2 Å². The summed E-state index contributed by atoms with van der Waals surface area (Å²) in [6.45, 7) is 8.08. The minimum absolute atomic E-state index is 0.0166. The molecule has 5 atom stereocenters. The summed E-state index contributed by atoms with van der Waals surface area (Å²) < 4.78 is 19.7. The van der Waals surface area contributed by atoms with Gasteiger partial charge in [0.1, 0.15) is 11.7 Å². The molecule has 1 spiro atoms. The third-order valence-electron chi connectivity index (χ3n) is 11.2. The van der Waals surface area contributed by atoms with Crippen molar-refractivity contribution in [2.45, 2.75) is 88.5 Å². The predicted molar refractivity (Wildman–Crippen MR) is 187 cm³/mol. The molecule has 2 heterocycles. The van der Waals surface area contributed by atoms with Gasteiger partial charge in [-0.15, -0.1) is 0 Å². The van der Waals surface area contributed by atoms with Crippen molar-refractivity contribution in [1.82, 2.24) is 9.80 Å². The van der Waals surface area contributed by atoms with Crippen LogP contribution in [-0.4, -0.2) is 72.2 Å². The summed E-state index contributed by atoms with van der Waals surface area (Å²) in [6.07, 6.45) is 3.48. The summed E-state index contributed by atoms with van der Waals surface area (Å²) in [7, 11) is 1.67. The number of carbonyl (C=O) groups excluding carboxylic acids is 2. The van der Waals surface area contributed by atoms with Crippen LogP contribution >= 0.6 is 23.2 Å². The number of ether oxygens (including phenoxy) is 3. The van der Waals surface area contributed by atoms with Gasteiger partial charge in [-0.25, -0.2) is 0 Å². The summed E-state index contributed by atoms with van der Waals surface area (Å²) in [5.74, 6) is 1.38. The van der Waals surface area contributed by atoms with E-state index in [2.05, 4.69) is 49.1 Å². The molecule has 9 heteroatoms. The summed E-state index contributed by atoms with van der Waals surface area (Å²) in [5, 5.41) is 0.894. The Morgan fingerprint density at radius 2 is 1.83 bits per heavy atom. The first-order chi connectivity index (χ1) is 23.1. The standard InChI is InChI=1S/C39H44Cl2N2O5/c1-24(2)23-43(34(45)21-27-10-12-29(40)30(41)20-27)31-14-16-39(48-25(3)44)33-22-28-11-13-32(46-4)36-35(28)38(39,37(31)47-36)17-19-42(33)18-15-26-8-6-5-7-9-26/h5-13,20,24,31,33,37H,14-19,21-23H2,1-4H3/t31-,33-,37+,38+,39-/m1/s1. The second-order valence-corrected chi connectivity index (χ2v) is 15.2. The van der Waals surface area contributed by atoms with Crippen LogP contribution in [0.3, 0.4) is 0 Å². The van der Waals surface area contributed by atoms with Gasteiger partial charge in [-0.1, -0.05) is 79.5 Å². The third-order valence-corrected chi connectivity index (χ3v) is 11.9. The van der Waals surface area contributed by atoms with Gasteiger partial charge in [-0.3, -0.25) is 14.5 Å². The van der Waals surface area contributed by atoms with Crippen LogP contribution in [0, 0.1) is 5.92 Å². The van der Waals surface area contributed by atoms with Gasteiger partial charge in [0, 0.05) is 25.6 Å². The van der Waals surface area contributed by atoms with E-state index in [4.69, 9.17) is 37.4 Å². The number of likely N-dealkylation sites (tertiary alicyclic amines) is 1. The fraction of sp³-hybridized carbons (Fsp3) is 0.487. The van der Waals surface area contributed by atoms with E-state index in [-0.39, 0.29) is 36.3 Å². The molecule has 4 aliphatic rings. The maximum absolute atomic E-state index is 14.4. The molecule has 3 aromatic rings. The highest BCUT2D eigenvalue weighted by Crippen LogP contribution is 2.67. The third kappa shape index (κ3) is 5.37. The molecule has 0 radical (unpaired) electrons. The van der Waals surface area contributed by atoms with E-state index in [9.17, 15) is 9.59 Å². The van der Waals surface area contributed by atoms with E-state index in [0.717, 1.165) is 49.2 Å². The topological polar surface area (TPSA) is 68.3 Å². The number of nitrogens with zero attached hydrogens (tertiary/aromatic N) is 2. The van der Waals surface area contributed by atoms with Crippen LogP contribution in [0.15, 0.2) is 60.7 Å².